The SMILES string of the molecule is ClCCl.c1ccc2c(c1)cnc1ccccc12. The number of hydrogen-bond acceptors (Lipinski definition) is 1. The average molecular weight is 264 g/mol. The van der Waals surface area contributed by atoms with Gasteiger partial charge in [-0.3, -0.25) is 4.98 Å². The molecular formula is C14H11Cl2N. The number of para-hydroxylation sites is 1. The maximum atomic E-state index is 4.76. The Hall–Kier alpha value is -1.31. The number of halogens is 2. The van der Waals surface area contributed by atoms with E-state index in [1.54, 1.807) is 0 Å². The highest BCUT2D eigenvalue weighted by molar-refractivity contribution is 6.40. The van der Waals surface area contributed by atoms with Gasteiger partial charge >= 0.3 is 0 Å². The summed E-state index contributed by atoms with van der Waals surface area (Å²) >= 11 is 9.53. The monoisotopic (exact) mass is 263 g/mol. The van der Waals surface area contributed by atoms with Crippen molar-refractivity contribution in [2.75, 3.05) is 5.34 Å². The van der Waals surface area contributed by atoms with Crippen LogP contribution in [0.15, 0.2) is 54.7 Å². The van der Waals surface area contributed by atoms with Crippen molar-refractivity contribution in [1.82, 2.24) is 4.98 Å². The highest BCUT2D eigenvalue weighted by Crippen LogP contribution is 2.22. The zero-order chi connectivity index (χ0) is 12.1. The summed E-state index contributed by atoms with van der Waals surface area (Å²) in [7, 11) is 0. The van der Waals surface area contributed by atoms with Gasteiger partial charge < -0.3 is 0 Å². The van der Waals surface area contributed by atoms with E-state index in [0.29, 0.717) is 0 Å². The van der Waals surface area contributed by atoms with Crippen LogP contribution in [0.4, 0.5) is 0 Å². The van der Waals surface area contributed by atoms with Crippen LogP contribution >= 0.6 is 23.2 Å². The van der Waals surface area contributed by atoms with Crippen LogP contribution in [0, 0.1) is 0 Å². The van der Waals surface area contributed by atoms with Crippen LogP contribution in [-0.2, 0) is 0 Å². The topological polar surface area (TPSA) is 12.9 Å². The molecule has 0 aliphatic rings. The number of benzene rings is 2. The van der Waals surface area contributed by atoms with E-state index in [4.69, 9.17) is 23.2 Å². The summed E-state index contributed by atoms with van der Waals surface area (Å²) in [6, 6.07) is 16.6. The molecule has 0 bridgehead atoms. The van der Waals surface area contributed by atoms with Gasteiger partial charge in [0.25, 0.3) is 0 Å². The van der Waals surface area contributed by atoms with Crippen molar-refractivity contribution in [3.8, 4) is 0 Å². The first kappa shape index (κ1) is 12.2. The van der Waals surface area contributed by atoms with Crippen LogP contribution in [0.1, 0.15) is 0 Å². The summed E-state index contributed by atoms with van der Waals surface area (Å²) in [6.45, 7) is 0. The molecule has 0 unspecified atom stereocenters. The number of nitrogens with zero attached hydrogens (tertiary/aromatic N) is 1. The van der Waals surface area contributed by atoms with Crippen molar-refractivity contribution < 1.29 is 0 Å². The highest BCUT2D eigenvalue weighted by Gasteiger charge is 1.98. The Bertz CT molecular complexity index is 568. The van der Waals surface area contributed by atoms with Gasteiger partial charge in [0.2, 0.25) is 0 Å². The van der Waals surface area contributed by atoms with Gasteiger partial charge in [0.1, 0.15) is 0 Å². The van der Waals surface area contributed by atoms with Gasteiger partial charge in [0, 0.05) is 17.0 Å². The van der Waals surface area contributed by atoms with Crippen molar-refractivity contribution in [3.63, 3.8) is 0 Å². The Morgan fingerprint density at radius 3 is 2.18 bits per heavy atom. The third-order valence-corrected chi connectivity index (χ3v) is 2.50. The lowest BCUT2D eigenvalue weighted by Gasteiger charge is -2.01. The molecule has 3 heteroatoms. The van der Waals surface area contributed by atoms with Crippen molar-refractivity contribution >= 4 is 44.9 Å². The quantitative estimate of drug-likeness (QED) is 0.419. The lowest BCUT2D eigenvalue weighted by Crippen LogP contribution is -1.80. The van der Waals surface area contributed by atoms with Crippen LogP contribution in [0.3, 0.4) is 0 Å². The normalized spacial score (nSPS) is 10.0. The van der Waals surface area contributed by atoms with E-state index in [2.05, 4.69) is 35.3 Å². The Morgan fingerprint density at radius 2 is 1.41 bits per heavy atom. The predicted octanol–water partition coefficient (Wildman–Crippen LogP) is 4.81. The van der Waals surface area contributed by atoms with Crippen LogP contribution in [0.25, 0.3) is 21.7 Å². The minimum Gasteiger partial charge on any atom is -0.256 e. The lowest BCUT2D eigenvalue weighted by atomic mass is 10.1. The Kier molecular flexibility index (Phi) is 4.18. The van der Waals surface area contributed by atoms with Crippen LogP contribution in [-0.4, -0.2) is 10.3 Å². The minimum atomic E-state index is 0.194. The molecule has 0 saturated heterocycles. The zero-order valence-electron chi connectivity index (χ0n) is 9.11. The van der Waals surface area contributed by atoms with Crippen molar-refractivity contribution in [2.24, 2.45) is 0 Å². The molecule has 3 aromatic rings. The maximum absolute atomic E-state index is 4.76. The van der Waals surface area contributed by atoms with E-state index in [1.807, 2.05) is 24.4 Å². The zero-order valence-corrected chi connectivity index (χ0v) is 10.6. The summed E-state index contributed by atoms with van der Waals surface area (Å²) in [5, 5.41) is 3.90. The number of alkyl halides is 2. The predicted molar refractivity (Wildman–Crippen MR) is 75.8 cm³/mol. The summed E-state index contributed by atoms with van der Waals surface area (Å²) < 4.78 is 0. The van der Waals surface area contributed by atoms with E-state index >= 15 is 0 Å². The fourth-order valence-electron chi connectivity index (χ4n) is 1.81. The molecule has 1 aromatic heterocycles. The van der Waals surface area contributed by atoms with E-state index in [9.17, 15) is 0 Å². The Labute approximate surface area is 110 Å². The van der Waals surface area contributed by atoms with Crippen LogP contribution in [0.2, 0.25) is 0 Å². The fourth-order valence-corrected chi connectivity index (χ4v) is 1.81. The number of aromatic nitrogens is 1. The number of rotatable bonds is 0. The summed E-state index contributed by atoms with van der Waals surface area (Å²) in [6.07, 6.45) is 1.93. The molecule has 0 aliphatic heterocycles. The largest absolute Gasteiger partial charge is 0.256 e. The second kappa shape index (κ2) is 5.85. The summed E-state index contributed by atoms with van der Waals surface area (Å²) in [5.41, 5.74) is 1.06. The summed E-state index contributed by atoms with van der Waals surface area (Å²) in [5.74, 6) is 0. The molecule has 17 heavy (non-hydrogen) atoms. The van der Waals surface area contributed by atoms with Gasteiger partial charge in [0.15, 0.2) is 0 Å². The van der Waals surface area contributed by atoms with Gasteiger partial charge in [0.05, 0.1) is 10.9 Å². The fraction of sp³-hybridized carbons (Fsp3) is 0.0714. The molecule has 1 heterocycles. The van der Waals surface area contributed by atoms with E-state index < -0.39 is 0 Å². The van der Waals surface area contributed by atoms with Gasteiger partial charge in [-0.25, -0.2) is 0 Å². The smallest absolute Gasteiger partial charge is 0.0967 e. The van der Waals surface area contributed by atoms with Gasteiger partial charge in [-0.15, -0.1) is 23.2 Å². The molecule has 0 radical (unpaired) electrons. The number of fused-ring (bicyclic) bond motifs is 3. The molecule has 0 amide bonds. The highest BCUT2D eigenvalue weighted by atomic mass is 35.5. The molecular weight excluding hydrogens is 253 g/mol. The van der Waals surface area contributed by atoms with Gasteiger partial charge in [-0.05, 0) is 11.5 Å². The molecule has 1 nitrogen and oxygen atoms in total. The van der Waals surface area contributed by atoms with E-state index in [-0.39, 0.29) is 5.34 Å². The lowest BCUT2D eigenvalue weighted by molar-refractivity contribution is 1.44. The van der Waals surface area contributed by atoms with Crippen molar-refractivity contribution in [1.29, 1.82) is 0 Å². The van der Waals surface area contributed by atoms with E-state index in [0.717, 1.165) is 5.52 Å². The third kappa shape index (κ3) is 2.68. The molecule has 0 saturated carbocycles. The Balaban J connectivity index is 0.000000329. The number of pyridine rings is 1. The molecule has 0 spiro atoms. The molecule has 0 fully saturated rings. The minimum absolute atomic E-state index is 0.194. The van der Waals surface area contributed by atoms with Crippen molar-refractivity contribution in [2.45, 2.75) is 0 Å². The second-order valence-electron chi connectivity index (χ2n) is 3.46. The molecule has 3 rings (SSSR count). The standard InChI is InChI=1S/C13H9N.CH2Cl2/c1-2-6-11-10(5-1)9-14-13-8-4-3-7-12(11)13;2-1-3/h1-9H;1H2. The maximum Gasteiger partial charge on any atom is 0.0967 e. The van der Waals surface area contributed by atoms with E-state index in [1.165, 1.54) is 16.2 Å². The average Bonchev–Trinajstić information content (AvgIpc) is 2.40. The second-order valence-corrected chi connectivity index (χ2v) is 4.27. The van der Waals surface area contributed by atoms with Crippen LogP contribution in [0.5, 0.6) is 0 Å². The summed E-state index contributed by atoms with van der Waals surface area (Å²) in [4.78, 5) is 4.41. The Morgan fingerprint density at radius 1 is 0.824 bits per heavy atom. The van der Waals surface area contributed by atoms with Crippen molar-refractivity contribution in [3.05, 3.63) is 54.7 Å². The molecule has 2 aromatic carbocycles. The molecule has 0 atom stereocenters. The third-order valence-electron chi connectivity index (χ3n) is 2.50. The van der Waals surface area contributed by atoms with Gasteiger partial charge in [-0.1, -0.05) is 42.5 Å². The van der Waals surface area contributed by atoms with Gasteiger partial charge in [-0.2, -0.15) is 0 Å². The molecule has 0 aliphatic carbocycles. The van der Waals surface area contributed by atoms with Crippen LogP contribution < -0.4 is 0 Å². The first-order valence-electron chi connectivity index (χ1n) is 5.21. The number of hydrogen-bond donors (Lipinski definition) is 0. The molecule has 0 N–H and O–H groups in total. The first-order chi connectivity index (χ1) is 8.36. The first-order valence-corrected chi connectivity index (χ1v) is 6.28. The molecule has 86 valence electrons.